The van der Waals surface area contributed by atoms with Gasteiger partial charge in [-0.3, -0.25) is 0 Å². The quantitative estimate of drug-likeness (QED) is 0.622. The van der Waals surface area contributed by atoms with Crippen LogP contribution < -0.4 is 0 Å². The van der Waals surface area contributed by atoms with Crippen molar-refractivity contribution in [2.24, 2.45) is 0 Å². The van der Waals surface area contributed by atoms with Crippen LogP contribution in [-0.2, 0) is 32.1 Å². The van der Waals surface area contributed by atoms with Gasteiger partial charge in [-0.1, -0.05) is 0 Å². The third-order valence-electron chi connectivity index (χ3n) is 2.07. The topological polar surface area (TPSA) is 80.3 Å². The minimum absolute atomic E-state index is 0.0459. The molecular weight excluding hydrogens is 259 g/mol. The van der Waals surface area contributed by atoms with E-state index >= 15 is 0 Å². The van der Waals surface area contributed by atoms with E-state index in [1.807, 2.05) is 0 Å². The van der Waals surface area contributed by atoms with Gasteiger partial charge in [0.1, 0.15) is 0 Å². The van der Waals surface area contributed by atoms with E-state index in [1.54, 1.807) is 6.92 Å². The Morgan fingerprint density at radius 1 is 1.00 bits per heavy atom. The first-order chi connectivity index (χ1) is 7.32. The third-order valence-corrected chi connectivity index (χ3v) is 7.63. The Kier molecular flexibility index (Phi) is 5.74. The van der Waals surface area contributed by atoms with Crippen molar-refractivity contribution in [3.63, 3.8) is 0 Å². The van der Waals surface area contributed by atoms with Crippen molar-refractivity contribution in [1.82, 2.24) is 0 Å². The van der Waals surface area contributed by atoms with E-state index in [9.17, 15) is 8.42 Å². The average molecular weight is 278 g/mol. The van der Waals surface area contributed by atoms with Crippen LogP contribution in [0.4, 0.5) is 0 Å². The third kappa shape index (κ3) is 3.33. The van der Waals surface area contributed by atoms with Crippen molar-refractivity contribution in [1.29, 1.82) is 0 Å². The van der Waals surface area contributed by atoms with Gasteiger partial charge in [-0.2, -0.15) is 0 Å². The molecule has 7 nitrogen and oxygen atoms in total. The maximum absolute atomic E-state index is 11.4. The molecule has 100 valence electrons. The molecule has 0 aliphatic carbocycles. The van der Waals surface area contributed by atoms with E-state index in [0.717, 1.165) is 0 Å². The number of rotatable bonds is 8. The van der Waals surface area contributed by atoms with E-state index in [4.69, 9.17) is 17.5 Å². The summed E-state index contributed by atoms with van der Waals surface area (Å²) in [5.74, 6) is 0. The van der Waals surface area contributed by atoms with Crippen LogP contribution in [0.15, 0.2) is 0 Å². The Bertz CT molecular complexity index is 287. The Hall–Kier alpha value is 0.180. The van der Waals surface area contributed by atoms with Gasteiger partial charge in [-0.15, -0.1) is 0 Å². The molecule has 0 spiro atoms. The van der Waals surface area contributed by atoms with Gasteiger partial charge in [0.15, 0.2) is 0 Å². The summed E-state index contributed by atoms with van der Waals surface area (Å²) < 4.78 is 47.4. The van der Waals surface area contributed by atoms with Gasteiger partial charge in [-0.25, -0.2) is 0 Å². The molecule has 0 radical (unpaired) electrons. The summed E-state index contributed by atoms with van der Waals surface area (Å²) in [6.07, 6.45) is 0.113. The van der Waals surface area contributed by atoms with Crippen molar-refractivity contribution in [2.75, 3.05) is 34.1 Å². The SMILES string of the molecule is CCOS(=O)(=O)OP(CC)(OC)(OC)OC. The summed E-state index contributed by atoms with van der Waals surface area (Å²) >= 11 is 0. The molecule has 0 fully saturated rings. The van der Waals surface area contributed by atoms with Crippen molar-refractivity contribution in [2.45, 2.75) is 13.8 Å². The molecular formula is C7H19O7PS. The molecule has 0 atom stereocenters. The molecule has 0 aliphatic rings. The predicted molar refractivity (Wildman–Crippen MR) is 60.1 cm³/mol. The molecule has 0 aromatic rings. The number of hydrogen-bond donors (Lipinski definition) is 0. The average Bonchev–Trinajstić information content (AvgIpc) is 2.27. The van der Waals surface area contributed by atoms with Crippen LogP contribution in [0.3, 0.4) is 0 Å². The van der Waals surface area contributed by atoms with E-state index in [2.05, 4.69) is 4.18 Å². The van der Waals surface area contributed by atoms with Crippen LogP contribution in [0.2, 0.25) is 0 Å². The van der Waals surface area contributed by atoms with E-state index in [0.29, 0.717) is 0 Å². The molecule has 0 unspecified atom stereocenters. The van der Waals surface area contributed by atoms with Crippen LogP contribution >= 0.6 is 7.51 Å². The minimum atomic E-state index is -4.21. The molecule has 0 saturated heterocycles. The second-order valence-electron chi connectivity index (χ2n) is 2.72. The second-order valence-corrected chi connectivity index (χ2v) is 8.02. The summed E-state index contributed by atoms with van der Waals surface area (Å²) in [6.45, 7) is 3.11. The van der Waals surface area contributed by atoms with Gasteiger partial charge in [0, 0.05) is 0 Å². The van der Waals surface area contributed by atoms with Crippen molar-refractivity contribution >= 4 is 17.9 Å². The standard InChI is InChI=1S/C7H19O7PS/c1-6-13-16(8,9)14-15(7-2,10-3,11-4)12-5/h6-7H2,1-5H3. The molecule has 0 N–H and O–H groups in total. The van der Waals surface area contributed by atoms with Crippen LogP contribution in [0.5, 0.6) is 0 Å². The predicted octanol–water partition coefficient (Wildman–Crippen LogP) is 1.46. The molecule has 0 rings (SSSR count). The van der Waals surface area contributed by atoms with E-state index in [1.165, 1.54) is 28.3 Å². The monoisotopic (exact) mass is 278 g/mol. The first-order valence-corrected chi connectivity index (χ1v) is 8.07. The molecule has 0 bridgehead atoms. The normalized spacial score (nSPS) is 15.7. The van der Waals surface area contributed by atoms with E-state index in [-0.39, 0.29) is 12.8 Å². The van der Waals surface area contributed by atoms with Gasteiger partial charge in [0.2, 0.25) is 0 Å². The molecule has 0 aliphatic heterocycles. The first-order valence-electron chi connectivity index (χ1n) is 4.64. The molecule has 0 amide bonds. The van der Waals surface area contributed by atoms with Crippen LogP contribution in [0.1, 0.15) is 13.8 Å². The molecule has 9 heteroatoms. The summed E-state index contributed by atoms with van der Waals surface area (Å²) in [4.78, 5) is 0. The van der Waals surface area contributed by atoms with Crippen LogP contribution in [0.25, 0.3) is 0 Å². The summed E-state index contributed by atoms with van der Waals surface area (Å²) in [6, 6.07) is 0. The van der Waals surface area contributed by atoms with Gasteiger partial charge >= 0.3 is 96.0 Å². The molecule has 0 saturated carbocycles. The molecule has 16 heavy (non-hydrogen) atoms. The zero-order chi connectivity index (χ0) is 12.9. The molecule has 0 heterocycles. The van der Waals surface area contributed by atoms with Crippen LogP contribution in [0, 0.1) is 0 Å². The first kappa shape index (κ1) is 16.2. The summed E-state index contributed by atoms with van der Waals surface area (Å²) in [5, 5.41) is 0. The molecule has 0 aromatic carbocycles. The fourth-order valence-corrected chi connectivity index (χ4v) is 5.34. The Morgan fingerprint density at radius 2 is 1.44 bits per heavy atom. The fourth-order valence-electron chi connectivity index (χ4n) is 1.10. The van der Waals surface area contributed by atoms with Crippen molar-refractivity contribution in [3.05, 3.63) is 0 Å². The van der Waals surface area contributed by atoms with Gasteiger partial charge in [0.25, 0.3) is 0 Å². The Labute approximate surface area is 96.6 Å². The summed E-state index contributed by atoms with van der Waals surface area (Å²) in [5.41, 5.74) is 0. The van der Waals surface area contributed by atoms with Crippen molar-refractivity contribution in [3.8, 4) is 0 Å². The maximum atomic E-state index is 11.4. The van der Waals surface area contributed by atoms with Crippen LogP contribution in [-0.4, -0.2) is 42.5 Å². The zero-order valence-electron chi connectivity index (χ0n) is 10.1. The molecule has 0 aromatic heterocycles. The summed E-state index contributed by atoms with van der Waals surface area (Å²) in [7, 11) is -4.54. The number of hydrogen-bond acceptors (Lipinski definition) is 7. The van der Waals surface area contributed by atoms with E-state index < -0.39 is 17.9 Å². The van der Waals surface area contributed by atoms with Gasteiger partial charge in [0.05, 0.1) is 0 Å². The Balaban J connectivity index is 5.24. The van der Waals surface area contributed by atoms with Crippen molar-refractivity contribution < 1.29 is 30.1 Å². The fraction of sp³-hybridized carbons (Fsp3) is 1.00. The van der Waals surface area contributed by atoms with Gasteiger partial charge in [-0.05, 0) is 0 Å². The zero-order valence-corrected chi connectivity index (χ0v) is 11.8. The second kappa shape index (κ2) is 5.68. The Morgan fingerprint density at radius 3 is 1.69 bits per heavy atom. The van der Waals surface area contributed by atoms with Gasteiger partial charge < -0.3 is 0 Å².